The number of hydrogen-bond acceptors (Lipinski definition) is 5. The summed E-state index contributed by atoms with van der Waals surface area (Å²) in [5.41, 5.74) is -0.142. The van der Waals surface area contributed by atoms with Crippen LogP contribution in [0.15, 0.2) is 47.4 Å². The lowest BCUT2D eigenvalue weighted by molar-refractivity contribution is 0.0618. The van der Waals surface area contributed by atoms with Crippen LogP contribution in [0.2, 0.25) is 0 Å². The predicted molar refractivity (Wildman–Crippen MR) is 97.9 cm³/mol. The highest BCUT2D eigenvalue weighted by Crippen LogP contribution is 2.17. The molecule has 3 rings (SSSR count). The summed E-state index contributed by atoms with van der Waals surface area (Å²) in [6.07, 6.45) is 1.53. The molecule has 1 aliphatic heterocycles. The molecule has 1 saturated heterocycles. The van der Waals surface area contributed by atoms with E-state index < -0.39 is 0 Å². The van der Waals surface area contributed by atoms with E-state index in [1.807, 2.05) is 24.3 Å². The lowest BCUT2D eigenvalue weighted by atomic mass is 10.2. The third-order valence-electron chi connectivity index (χ3n) is 4.44. The van der Waals surface area contributed by atoms with E-state index in [9.17, 15) is 9.59 Å². The second-order valence-corrected chi connectivity index (χ2v) is 6.07. The molecule has 0 atom stereocenters. The molecule has 2 heterocycles. The van der Waals surface area contributed by atoms with E-state index in [0.29, 0.717) is 19.7 Å². The second kappa shape index (κ2) is 8.53. The van der Waals surface area contributed by atoms with Crippen molar-refractivity contribution in [2.24, 2.45) is 0 Å². The van der Waals surface area contributed by atoms with Gasteiger partial charge >= 0.3 is 0 Å². The molecule has 138 valence electrons. The van der Waals surface area contributed by atoms with E-state index in [2.05, 4.69) is 9.88 Å². The number of amides is 1. The van der Waals surface area contributed by atoms with Gasteiger partial charge in [0.05, 0.1) is 7.11 Å². The molecule has 0 saturated carbocycles. The molecule has 0 spiro atoms. The Hall–Kier alpha value is -2.80. The summed E-state index contributed by atoms with van der Waals surface area (Å²) in [5.74, 6) is 1.40. The van der Waals surface area contributed by atoms with Crippen molar-refractivity contribution in [3.8, 4) is 11.5 Å². The molecule has 2 aromatic rings. The topological polar surface area (TPSA) is 74.9 Å². The first-order valence-corrected chi connectivity index (χ1v) is 8.63. The van der Waals surface area contributed by atoms with Crippen LogP contribution in [0, 0.1) is 0 Å². The van der Waals surface area contributed by atoms with Crippen LogP contribution in [0.4, 0.5) is 0 Å². The van der Waals surface area contributed by atoms with Crippen molar-refractivity contribution in [3.05, 3.63) is 58.5 Å². The first-order valence-electron chi connectivity index (χ1n) is 8.63. The van der Waals surface area contributed by atoms with Crippen LogP contribution in [-0.4, -0.2) is 67.1 Å². The molecular formula is C19H23N3O4. The van der Waals surface area contributed by atoms with E-state index in [0.717, 1.165) is 31.1 Å². The van der Waals surface area contributed by atoms with Crippen molar-refractivity contribution in [2.45, 2.75) is 0 Å². The van der Waals surface area contributed by atoms with Crippen molar-refractivity contribution in [2.75, 3.05) is 46.4 Å². The summed E-state index contributed by atoms with van der Waals surface area (Å²) in [5, 5.41) is 0. The van der Waals surface area contributed by atoms with Crippen molar-refractivity contribution in [1.82, 2.24) is 14.8 Å². The molecule has 0 aliphatic carbocycles. The average molecular weight is 357 g/mol. The molecule has 7 nitrogen and oxygen atoms in total. The number of hydrogen-bond donors (Lipinski definition) is 1. The minimum Gasteiger partial charge on any atom is -0.497 e. The number of aromatic nitrogens is 1. The summed E-state index contributed by atoms with van der Waals surface area (Å²) >= 11 is 0. The summed E-state index contributed by atoms with van der Waals surface area (Å²) in [7, 11) is 1.63. The molecule has 1 aliphatic rings. The van der Waals surface area contributed by atoms with Gasteiger partial charge in [-0.25, -0.2) is 0 Å². The maximum Gasteiger partial charge on any atom is 0.260 e. The summed E-state index contributed by atoms with van der Waals surface area (Å²) in [6, 6.07) is 10.7. The van der Waals surface area contributed by atoms with E-state index in [1.54, 1.807) is 24.1 Å². The Morgan fingerprint density at radius 3 is 2.42 bits per heavy atom. The molecule has 1 N–H and O–H groups in total. The van der Waals surface area contributed by atoms with Gasteiger partial charge in [-0.15, -0.1) is 0 Å². The number of aromatic amines is 1. The fourth-order valence-corrected chi connectivity index (χ4v) is 2.90. The van der Waals surface area contributed by atoms with Gasteiger partial charge < -0.3 is 19.4 Å². The largest absolute Gasteiger partial charge is 0.497 e. The summed E-state index contributed by atoms with van der Waals surface area (Å²) < 4.78 is 10.9. The monoisotopic (exact) mass is 357 g/mol. The number of benzene rings is 1. The number of ether oxygens (including phenoxy) is 2. The highest BCUT2D eigenvalue weighted by Gasteiger charge is 2.23. The van der Waals surface area contributed by atoms with E-state index >= 15 is 0 Å². The second-order valence-electron chi connectivity index (χ2n) is 6.07. The fourth-order valence-electron chi connectivity index (χ4n) is 2.90. The molecule has 0 radical (unpaired) electrons. The van der Waals surface area contributed by atoms with Gasteiger partial charge in [0.2, 0.25) is 0 Å². The number of carbonyl (C=O) groups is 1. The van der Waals surface area contributed by atoms with Crippen LogP contribution >= 0.6 is 0 Å². The minimum absolute atomic E-state index is 0.198. The number of piperazine rings is 1. The molecule has 1 aromatic carbocycles. The number of pyridine rings is 1. The zero-order chi connectivity index (χ0) is 18.4. The fraction of sp³-hybridized carbons (Fsp3) is 0.368. The van der Waals surface area contributed by atoms with Crippen molar-refractivity contribution in [1.29, 1.82) is 0 Å². The van der Waals surface area contributed by atoms with Crippen molar-refractivity contribution < 1.29 is 14.3 Å². The van der Waals surface area contributed by atoms with Crippen molar-refractivity contribution in [3.63, 3.8) is 0 Å². The van der Waals surface area contributed by atoms with Gasteiger partial charge in [-0.2, -0.15) is 0 Å². The van der Waals surface area contributed by atoms with Gasteiger partial charge in [-0.05, 0) is 36.4 Å². The Labute approximate surface area is 152 Å². The molecule has 0 unspecified atom stereocenters. The van der Waals surface area contributed by atoms with Gasteiger partial charge in [0.25, 0.3) is 11.5 Å². The van der Waals surface area contributed by atoms with Gasteiger partial charge in [-0.3, -0.25) is 14.5 Å². The number of methoxy groups -OCH3 is 1. The van der Waals surface area contributed by atoms with Gasteiger partial charge in [0.15, 0.2) is 0 Å². The SMILES string of the molecule is COc1ccc(OCCN2CCN(C(=O)c3ccc[nH]c3=O)CC2)cc1. The lowest BCUT2D eigenvalue weighted by Gasteiger charge is -2.34. The summed E-state index contributed by atoms with van der Waals surface area (Å²) in [6.45, 7) is 4.12. The van der Waals surface area contributed by atoms with E-state index in [4.69, 9.17) is 9.47 Å². The minimum atomic E-state index is -0.340. The van der Waals surface area contributed by atoms with Gasteiger partial charge in [-0.1, -0.05) is 0 Å². The Bertz CT molecular complexity index is 780. The third kappa shape index (κ3) is 4.43. The van der Waals surface area contributed by atoms with E-state index in [1.165, 1.54) is 6.20 Å². The Morgan fingerprint density at radius 2 is 1.77 bits per heavy atom. The van der Waals surface area contributed by atoms with Crippen LogP contribution in [0.3, 0.4) is 0 Å². The molecule has 1 fully saturated rings. The number of carbonyl (C=O) groups excluding carboxylic acids is 1. The Kier molecular flexibility index (Phi) is 5.91. The molecule has 1 amide bonds. The van der Waals surface area contributed by atoms with Gasteiger partial charge in [0.1, 0.15) is 23.7 Å². The zero-order valence-electron chi connectivity index (χ0n) is 14.8. The predicted octanol–water partition coefficient (Wildman–Crippen LogP) is 1.22. The smallest absolute Gasteiger partial charge is 0.260 e. The molecular weight excluding hydrogens is 334 g/mol. The number of H-pyrrole nitrogens is 1. The van der Waals surface area contributed by atoms with E-state index in [-0.39, 0.29) is 17.0 Å². The van der Waals surface area contributed by atoms with Crippen LogP contribution in [0.1, 0.15) is 10.4 Å². The molecule has 0 bridgehead atoms. The normalized spacial score (nSPS) is 14.9. The van der Waals surface area contributed by atoms with Crippen molar-refractivity contribution >= 4 is 5.91 Å². The highest BCUT2D eigenvalue weighted by molar-refractivity contribution is 5.93. The van der Waals surface area contributed by atoms with Crippen LogP contribution < -0.4 is 15.0 Å². The first-order chi connectivity index (χ1) is 12.7. The molecule has 7 heteroatoms. The number of nitrogens with one attached hydrogen (secondary N) is 1. The van der Waals surface area contributed by atoms with Crippen LogP contribution in [0.25, 0.3) is 0 Å². The maximum atomic E-state index is 12.4. The maximum absolute atomic E-state index is 12.4. The highest BCUT2D eigenvalue weighted by atomic mass is 16.5. The first kappa shape index (κ1) is 18.0. The standard InChI is InChI=1S/C19H23N3O4/c1-25-15-4-6-16(7-5-15)26-14-13-21-9-11-22(12-10-21)19(24)17-3-2-8-20-18(17)23/h2-8H,9-14H2,1H3,(H,20,23). The lowest BCUT2D eigenvalue weighted by Crippen LogP contribution is -2.50. The Morgan fingerprint density at radius 1 is 1.08 bits per heavy atom. The Balaban J connectivity index is 1.43. The van der Waals surface area contributed by atoms with Crippen LogP contribution in [0.5, 0.6) is 11.5 Å². The number of rotatable bonds is 6. The van der Waals surface area contributed by atoms with Crippen LogP contribution in [-0.2, 0) is 0 Å². The summed E-state index contributed by atoms with van der Waals surface area (Å²) in [4.78, 5) is 30.7. The third-order valence-corrected chi connectivity index (χ3v) is 4.44. The molecule has 1 aromatic heterocycles. The molecule has 26 heavy (non-hydrogen) atoms. The average Bonchev–Trinajstić information content (AvgIpc) is 2.69. The zero-order valence-corrected chi connectivity index (χ0v) is 14.8. The van der Waals surface area contributed by atoms with Gasteiger partial charge in [0, 0.05) is 38.9 Å². The number of nitrogens with zero attached hydrogens (tertiary/aromatic N) is 2. The quantitative estimate of drug-likeness (QED) is 0.841.